The van der Waals surface area contributed by atoms with Gasteiger partial charge in [-0.3, -0.25) is 4.79 Å². The number of aromatic nitrogens is 3. The van der Waals surface area contributed by atoms with Gasteiger partial charge in [-0.05, 0) is 44.7 Å². The molecule has 4 rings (SSSR count). The fourth-order valence-electron chi connectivity index (χ4n) is 4.26. The van der Waals surface area contributed by atoms with Crippen LogP contribution in [-0.4, -0.2) is 70.8 Å². The Bertz CT molecular complexity index is 1370. The summed E-state index contributed by atoms with van der Waals surface area (Å²) in [5.41, 5.74) is -0.00777. The van der Waals surface area contributed by atoms with Crippen molar-refractivity contribution in [3.8, 4) is 0 Å². The van der Waals surface area contributed by atoms with Crippen LogP contribution in [0.5, 0.6) is 0 Å². The lowest BCUT2D eigenvalue weighted by Gasteiger charge is -2.33. The molecule has 2 aromatic heterocycles. The van der Waals surface area contributed by atoms with Gasteiger partial charge in [-0.2, -0.15) is 13.2 Å². The van der Waals surface area contributed by atoms with E-state index in [1.807, 2.05) is 11.9 Å². The van der Waals surface area contributed by atoms with Gasteiger partial charge in [0.05, 0.1) is 23.0 Å². The van der Waals surface area contributed by atoms with Gasteiger partial charge >= 0.3 is 6.18 Å². The molecule has 1 aliphatic heterocycles. The van der Waals surface area contributed by atoms with Crippen LogP contribution in [0.1, 0.15) is 34.1 Å². The molecule has 1 amide bonds. The number of carbonyl (C=O) groups excluding carboxylic acids is 1. The van der Waals surface area contributed by atoms with Gasteiger partial charge in [-0.15, -0.1) is 0 Å². The summed E-state index contributed by atoms with van der Waals surface area (Å²) in [5.74, 6) is -0.469. The topological polar surface area (TPSA) is 83.0 Å². The molecule has 3 aromatic rings. The number of nitrogens with zero attached hydrogens (tertiary/aromatic N) is 4. The first-order valence-electron chi connectivity index (χ1n) is 12.1. The summed E-state index contributed by atoms with van der Waals surface area (Å²) in [6.07, 6.45) is -0.718. The number of likely N-dealkylation sites (tertiary alicyclic amines) is 1. The van der Waals surface area contributed by atoms with Crippen molar-refractivity contribution in [1.82, 2.24) is 25.2 Å². The molecule has 2 N–H and O–H groups in total. The molecule has 7 nitrogen and oxygen atoms in total. The van der Waals surface area contributed by atoms with Gasteiger partial charge < -0.3 is 15.5 Å². The molecule has 0 spiro atoms. The second kappa shape index (κ2) is 11.3. The SMILES string of the molecule is C=C(c1nc(/C=C/CNC(=O)c2nccc(C)n2)cc2c(N[C@@H]3CCN(C)C[C@@H]3F)cccc12)C(F)(F)F. The Morgan fingerprint density at radius 3 is 2.74 bits per heavy atom. The number of nitrogens with one attached hydrogen (secondary N) is 2. The highest BCUT2D eigenvalue weighted by molar-refractivity contribution is 6.01. The predicted octanol–water partition coefficient (Wildman–Crippen LogP) is 4.81. The average Bonchev–Trinajstić information content (AvgIpc) is 2.87. The highest BCUT2D eigenvalue weighted by atomic mass is 19.4. The summed E-state index contributed by atoms with van der Waals surface area (Å²) < 4.78 is 55.7. The van der Waals surface area contributed by atoms with Crippen molar-refractivity contribution < 1.29 is 22.4 Å². The first-order valence-corrected chi connectivity index (χ1v) is 12.1. The van der Waals surface area contributed by atoms with E-state index < -0.39 is 29.9 Å². The van der Waals surface area contributed by atoms with E-state index in [2.05, 4.69) is 32.2 Å². The van der Waals surface area contributed by atoms with Crippen LogP contribution in [-0.2, 0) is 0 Å². The maximum Gasteiger partial charge on any atom is 0.417 e. The van der Waals surface area contributed by atoms with Gasteiger partial charge in [-0.1, -0.05) is 24.8 Å². The lowest BCUT2D eigenvalue weighted by Crippen LogP contribution is -2.46. The second-order valence-electron chi connectivity index (χ2n) is 9.22. The number of halogens is 4. The Hall–Kier alpha value is -3.86. The molecule has 11 heteroatoms. The number of amides is 1. The fourth-order valence-corrected chi connectivity index (χ4v) is 4.26. The summed E-state index contributed by atoms with van der Waals surface area (Å²) in [4.78, 5) is 26.3. The van der Waals surface area contributed by atoms with Gasteiger partial charge in [0.1, 0.15) is 6.17 Å². The summed E-state index contributed by atoms with van der Waals surface area (Å²) in [6, 6.07) is 7.69. The number of alkyl halides is 4. The molecule has 0 saturated carbocycles. The van der Waals surface area contributed by atoms with E-state index in [1.165, 1.54) is 18.3 Å². The number of anilines is 1. The molecule has 1 fully saturated rings. The highest BCUT2D eigenvalue weighted by Gasteiger charge is 2.35. The maximum atomic E-state index is 14.7. The molecule has 0 aliphatic carbocycles. The number of hydrogen-bond acceptors (Lipinski definition) is 6. The standard InChI is InChI=1S/C27H28F4N6O/c1-16-9-12-32-25(34-16)26(38)33-11-5-6-18-14-20-19(24(35-18)17(2)27(29,30)31)7-4-8-22(20)36-23-10-13-37(3)15-21(23)28/h4-9,12,14,21,23,36H,2,10-11,13,15H2,1,3H3,(H,33,38)/b6-5+/t21-,23+/m0/s1. The third-order valence-electron chi connectivity index (χ3n) is 6.27. The van der Waals surface area contributed by atoms with Crippen LogP contribution in [0, 0.1) is 6.92 Å². The minimum atomic E-state index is -4.69. The number of fused-ring (bicyclic) bond motifs is 1. The number of benzene rings is 1. The maximum absolute atomic E-state index is 14.7. The summed E-state index contributed by atoms with van der Waals surface area (Å²) >= 11 is 0. The van der Waals surface area contributed by atoms with Crippen LogP contribution < -0.4 is 10.6 Å². The number of piperidine rings is 1. The molecule has 0 unspecified atom stereocenters. The Kier molecular flexibility index (Phi) is 8.05. The summed E-state index contributed by atoms with van der Waals surface area (Å²) in [5, 5.41) is 6.55. The van der Waals surface area contributed by atoms with E-state index >= 15 is 0 Å². The van der Waals surface area contributed by atoms with Gasteiger partial charge in [0.2, 0.25) is 5.82 Å². The first-order chi connectivity index (χ1) is 18.0. The van der Waals surface area contributed by atoms with Crippen LogP contribution in [0.15, 0.2) is 49.2 Å². The Morgan fingerprint density at radius 1 is 1.24 bits per heavy atom. The Labute approximate surface area is 217 Å². The van der Waals surface area contributed by atoms with Crippen LogP contribution >= 0.6 is 0 Å². The quantitative estimate of drug-likeness (QED) is 0.429. The smallest absolute Gasteiger partial charge is 0.379 e. The fraction of sp³-hybridized carbons (Fsp3) is 0.333. The third-order valence-corrected chi connectivity index (χ3v) is 6.27. The van der Waals surface area contributed by atoms with Crippen molar-refractivity contribution in [3.05, 3.63) is 72.1 Å². The molecule has 0 bridgehead atoms. The zero-order valence-corrected chi connectivity index (χ0v) is 21.0. The molecule has 1 aliphatic rings. The molecule has 38 heavy (non-hydrogen) atoms. The molecular formula is C27H28F4N6O. The number of hydrogen-bond donors (Lipinski definition) is 2. The minimum absolute atomic E-state index is 0.0155. The van der Waals surface area contributed by atoms with Crippen molar-refractivity contribution in [1.29, 1.82) is 0 Å². The van der Waals surface area contributed by atoms with Gasteiger partial charge in [0.15, 0.2) is 0 Å². The van der Waals surface area contributed by atoms with Crippen molar-refractivity contribution in [3.63, 3.8) is 0 Å². The molecule has 1 aromatic carbocycles. The number of carbonyl (C=O) groups is 1. The third kappa shape index (κ3) is 6.34. The number of rotatable bonds is 7. The number of aryl methyl sites for hydroxylation is 1. The molecular weight excluding hydrogens is 500 g/mol. The van der Waals surface area contributed by atoms with E-state index in [9.17, 15) is 22.4 Å². The molecule has 3 heterocycles. The zero-order valence-electron chi connectivity index (χ0n) is 21.0. The van der Waals surface area contributed by atoms with Crippen molar-refractivity contribution >= 4 is 34.0 Å². The lowest BCUT2D eigenvalue weighted by atomic mass is 9.99. The van der Waals surface area contributed by atoms with E-state index in [0.29, 0.717) is 29.7 Å². The van der Waals surface area contributed by atoms with Crippen LogP contribution in [0.3, 0.4) is 0 Å². The van der Waals surface area contributed by atoms with E-state index in [4.69, 9.17) is 0 Å². The van der Waals surface area contributed by atoms with Crippen LogP contribution in [0.2, 0.25) is 0 Å². The van der Waals surface area contributed by atoms with Crippen LogP contribution in [0.25, 0.3) is 22.4 Å². The number of allylic oxidation sites excluding steroid dienone is 1. The molecule has 200 valence electrons. The number of pyridine rings is 1. The summed E-state index contributed by atoms with van der Waals surface area (Å²) in [6.45, 7) is 6.03. The van der Waals surface area contributed by atoms with E-state index in [1.54, 1.807) is 37.3 Å². The van der Waals surface area contributed by atoms with E-state index in [0.717, 1.165) is 0 Å². The predicted molar refractivity (Wildman–Crippen MR) is 139 cm³/mol. The van der Waals surface area contributed by atoms with E-state index in [-0.39, 0.29) is 35.7 Å². The first kappa shape index (κ1) is 27.2. The van der Waals surface area contributed by atoms with Gasteiger partial charge in [0, 0.05) is 48.0 Å². The largest absolute Gasteiger partial charge is 0.417 e. The minimum Gasteiger partial charge on any atom is -0.379 e. The monoisotopic (exact) mass is 528 g/mol. The Balaban J connectivity index is 1.63. The normalized spacial score (nSPS) is 18.6. The van der Waals surface area contributed by atoms with Crippen molar-refractivity contribution in [2.45, 2.75) is 31.7 Å². The van der Waals surface area contributed by atoms with Crippen LogP contribution in [0.4, 0.5) is 23.2 Å². The summed E-state index contributed by atoms with van der Waals surface area (Å²) in [7, 11) is 1.84. The second-order valence-corrected chi connectivity index (χ2v) is 9.22. The average molecular weight is 529 g/mol. The molecule has 0 radical (unpaired) electrons. The Morgan fingerprint density at radius 2 is 2.03 bits per heavy atom. The van der Waals surface area contributed by atoms with Crippen molar-refractivity contribution in [2.75, 3.05) is 32.0 Å². The lowest BCUT2D eigenvalue weighted by molar-refractivity contribution is -0.0688. The highest BCUT2D eigenvalue weighted by Crippen LogP contribution is 2.37. The zero-order chi connectivity index (χ0) is 27.4. The van der Waals surface area contributed by atoms with Crippen molar-refractivity contribution in [2.24, 2.45) is 0 Å². The van der Waals surface area contributed by atoms with Gasteiger partial charge in [-0.25, -0.2) is 19.3 Å². The molecule has 1 saturated heterocycles. The van der Waals surface area contributed by atoms with Gasteiger partial charge in [0.25, 0.3) is 5.91 Å². The molecule has 2 atom stereocenters.